The van der Waals surface area contributed by atoms with Crippen molar-refractivity contribution < 1.29 is 13.2 Å². The van der Waals surface area contributed by atoms with Crippen LogP contribution in [0.25, 0.3) is 0 Å². The molecule has 26 heavy (non-hydrogen) atoms. The quantitative estimate of drug-likeness (QED) is 0.793. The molecule has 2 heterocycles. The molecule has 2 aromatic rings. The van der Waals surface area contributed by atoms with Crippen LogP contribution in [0.1, 0.15) is 17.4 Å². The molecule has 0 spiro atoms. The van der Waals surface area contributed by atoms with Gasteiger partial charge >= 0.3 is 0 Å². The summed E-state index contributed by atoms with van der Waals surface area (Å²) >= 11 is 0. The maximum absolute atomic E-state index is 13.0. The van der Waals surface area contributed by atoms with Crippen molar-refractivity contribution in [1.29, 1.82) is 5.26 Å². The van der Waals surface area contributed by atoms with Gasteiger partial charge in [0.1, 0.15) is 12.2 Å². The van der Waals surface area contributed by atoms with E-state index in [1.54, 1.807) is 29.3 Å². The molecular weight excluding hydrogens is 354 g/mol. The summed E-state index contributed by atoms with van der Waals surface area (Å²) in [7, 11) is -0.136. The number of nitrogens with zero attached hydrogens (tertiary/aromatic N) is 5. The number of anilines is 1. The third-order valence-corrected chi connectivity index (χ3v) is 5.97. The Bertz CT molecular complexity index is 939. The van der Waals surface area contributed by atoms with Crippen molar-refractivity contribution in [3.8, 4) is 6.07 Å². The highest BCUT2D eigenvalue weighted by molar-refractivity contribution is 7.89. The summed E-state index contributed by atoms with van der Waals surface area (Å²) in [5.41, 5.74) is 0.754. The van der Waals surface area contributed by atoms with Crippen LogP contribution in [-0.4, -0.2) is 56.5 Å². The molecule has 0 radical (unpaired) electrons. The number of hydrogen-bond acceptors (Lipinski definition) is 7. The second-order valence-corrected chi connectivity index (χ2v) is 7.91. The second kappa shape index (κ2) is 7.37. The summed E-state index contributed by atoms with van der Waals surface area (Å²) in [6.07, 6.45) is 1.13. The fourth-order valence-electron chi connectivity index (χ4n) is 2.70. The van der Waals surface area contributed by atoms with E-state index in [9.17, 15) is 13.7 Å². The first-order valence-electron chi connectivity index (χ1n) is 8.04. The van der Waals surface area contributed by atoms with Gasteiger partial charge in [-0.15, -0.1) is 0 Å². The fraction of sp³-hybridized carbons (Fsp3) is 0.353. The first-order valence-corrected chi connectivity index (χ1v) is 9.48. The van der Waals surface area contributed by atoms with Crippen molar-refractivity contribution >= 4 is 16.0 Å². The average molecular weight is 373 g/mol. The van der Waals surface area contributed by atoms with E-state index in [1.807, 2.05) is 20.2 Å². The van der Waals surface area contributed by atoms with Crippen LogP contribution in [-0.2, 0) is 14.8 Å². The highest BCUT2D eigenvalue weighted by Gasteiger charge is 2.33. The minimum Gasteiger partial charge on any atom is -0.369 e. The Morgan fingerprint density at radius 2 is 2.08 bits per heavy atom. The van der Waals surface area contributed by atoms with Gasteiger partial charge in [-0.25, -0.2) is 18.4 Å². The molecule has 0 amide bonds. The van der Waals surface area contributed by atoms with E-state index in [0.717, 1.165) is 0 Å². The molecule has 0 bridgehead atoms. The number of nitriles is 1. The Morgan fingerprint density at radius 3 is 2.81 bits per heavy atom. The van der Waals surface area contributed by atoms with E-state index in [-0.39, 0.29) is 30.2 Å². The van der Waals surface area contributed by atoms with Gasteiger partial charge in [-0.05, 0) is 18.2 Å². The van der Waals surface area contributed by atoms with Crippen molar-refractivity contribution in [1.82, 2.24) is 14.3 Å². The van der Waals surface area contributed by atoms with Crippen LogP contribution in [0.3, 0.4) is 0 Å². The molecule has 0 aliphatic carbocycles. The molecule has 1 aromatic carbocycles. The monoisotopic (exact) mass is 373 g/mol. The molecule has 3 rings (SSSR count). The number of benzene rings is 1. The predicted octanol–water partition coefficient (Wildman–Crippen LogP) is 1.18. The van der Waals surface area contributed by atoms with Crippen LogP contribution < -0.4 is 4.90 Å². The second-order valence-electron chi connectivity index (χ2n) is 6.01. The lowest BCUT2D eigenvalue weighted by molar-refractivity contribution is -0.00495. The predicted molar refractivity (Wildman–Crippen MR) is 95.0 cm³/mol. The molecule has 1 aliphatic rings. The Labute approximate surface area is 152 Å². The Hall–Kier alpha value is -2.54. The Kier molecular flexibility index (Phi) is 5.18. The van der Waals surface area contributed by atoms with Crippen LogP contribution in [0, 0.1) is 11.3 Å². The van der Waals surface area contributed by atoms with Crippen molar-refractivity contribution in [3.63, 3.8) is 0 Å². The van der Waals surface area contributed by atoms with Gasteiger partial charge in [0.2, 0.25) is 16.0 Å². The van der Waals surface area contributed by atoms with Crippen LogP contribution >= 0.6 is 0 Å². The fourth-order valence-corrected chi connectivity index (χ4v) is 4.27. The zero-order valence-corrected chi connectivity index (χ0v) is 15.3. The van der Waals surface area contributed by atoms with Crippen molar-refractivity contribution in [3.05, 3.63) is 47.8 Å². The van der Waals surface area contributed by atoms with E-state index < -0.39 is 16.1 Å². The number of hydrogen-bond donors (Lipinski definition) is 0. The molecular formula is C17H19N5O3S. The van der Waals surface area contributed by atoms with Gasteiger partial charge in [0.05, 0.1) is 22.8 Å². The lowest BCUT2D eigenvalue weighted by Gasteiger charge is -2.32. The first kappa shape index (κ1) is 18.3. The molecule has 1 atom stereocenters. The highest BCUT2D eigenvalue weighted by atomic mass is 32.2. The average Bonchev–Trinajstić information content (AvgIpc) is 2.68. The molecule has 0 N–H and O–H groups in total. The lowest BCUT2D eigenvalue weighted by Crippen LogP contribution is -2.42. The van der Waals surface area contributed by atoms with E-state index in [1.165, 1.54) is 16.4 Å². The summed E-state index contributed by atoms with van der Waals surface area (Å²) in [5.74, 6) is 0.529. The van der Waals surface area contributed by atoms with E-state index in [0.29, 0.717) is 11.6 Å². The highest BCUT2D eigenvalue weighted by Crippen LogP contribution is 2.27. The molecule has 1 fully saturated rings. The van der Waals surface area contributed by atoms with Crippen molar-refractivity contribution in [2.24, 2.45) is 0 Å². The molecule has 8 nitrogen and oxygen atoms in total. The van der Waals surface area contributed by atoms with E-state index >= 15 is 0 Å². The third kappa shape index (κ3) is 3.53. The number of sulfonamides is 1. The normalized spacial score (nSPS) is 18.3. The van der Waals surface area contributed by atoms with Gasteiger partial charge in [-0.2, -0.15) is 9.57 Å². The Morgan fingerprint density at radius 1 is 1.31 bits per heavy atom. The van der Waals surface area contributed by atoms with Gasteiger partial charge in [-0.1, -0.05) is 12.1 Å². The number of ether oxygens (including phenoxy) is 1. The zero-order valence-electron chi connectivity index (χ0n) is 14.5. The Balaban J connectivity index is 1.89. The summed E-state index contributed by atoms with van der Waals surface area (Å²) in [4.78, 5) is 10.4. The molecule has 136 valence electrons. The van der Waals surface area contributed by atoms with Gasteiger partial charge in [0.15, 0.2) is 0 Å². The molecule has 1 unspecified atom stereocenters. The van der Waals surface area contributed by atoms with Gasteiger partial charge in [0, 0.05) is 33.4 Å². The molecule has 1 saturated heterocycles. The van der Waals surface area contributed by atoms with Crippen LogP contribution in [0.15, 0.2) is 41.4 Å². The van der Waals surface area contributed by atoms with Crippen LogP contribution in [0.5, 0.6) is 0 Å². The topological polar surface area (TPSA) is 99.4 Å². The minimum atomic E-state index is -3.80. The molecule has 1 aromatic heterocycles. The first-order chi connectivity index (χ1) is 12.4. The summed E-state index contributed by atoms with van der Waals surface area (Å²) < 4.78 is 33.1. The van der Waals surface area contributed by atoms with Gasteiger partial charge in [-0.3, -0.25) is 0 Å². The number of aromatic nitrogens is 2. The van der Waals surface area contributed by atoms with Crippen molar-refractivity contribution in [2.75, 3.05) is 38.7 Å². The standard InChI is InChI=1S/C17H19N5O3S/c1-21(2)17-19-8-7-14(20-17)15-12-22(9-10-25-15)26(23,24)16-6-4-3-5-13(16)11-18/h3-8,15H,9-10,12H2,1-2H3. The van der Waals surface area contributed by atoms with Gasteiger partial charge < -0.3 is 9.64 Å². The summed E-state index contributed by atoms with van der Waals surface area (Å²) in [5, 5.41) is 9.21. The largest absolute Gasteiger partial charge is 0.369 e. The van der Waals surface area contributed by atoms with Crippen LogP contribution in [0.2, 0.25) is 0 Å². The minimum absolute atomic E-state index is 0.0137. The summed E-state index contributed by atoms with van der Waals surface area (Å²) in [6, 6.07) is 9.86. The maximum atomic E-state index is 13.0. The maximum Gasteiger partial charge on any atom is 0.244 e. The number of rotatable bonds is 4. The van der Waals surface area contributed by atoms with Gasteiger partial charge in [0.25, 0.3) is 0 Å². The van der Waals surface area contributed by atoms with Crippen molar-refractivity contribution in [2.45, 2.75) is 11.0 Å². The SMILES string of the molecule is CN(C)c1nccc(C2CN(S(=O)(=O)c3ccccc3C#N)CCO2)n1. The zero-order chi connectivity index (χ0) is 18.7. The molecule has 1 aliphatic heterocycles. The third-order valence-electron chi connectivity index (χ3n) is 4.05. The smallest absolute Gasteiger partial charge is 0.244 e. The molecule has 0 saturated carbocycles. The molecule has 9 heteroatoms. The van der Waals surface area contributed by atoms with E-state index in [4.69, 9.17) is 4.74 Å². The number of morpholine rings is 1. The lowest BCUT2D eigenvalue weighted by atomic mass is 10.2. The summed E-state index contributed by atoms with van der Waals surface area (Å²) in [6.45, 7) is 0.607. The van der Waals surface area contributed by atoms with Crippen LogP contribution in [0.4, 0.5) is 5.95 Å². The van der Waals surface area contributed by atoms with E-state index in [2.05, 4.69) is 9.97 Å².